The quantitative estimate of drug-likeness (QED) is 0.364. The number of fused-ring (bicyclic) bond motifs is 1. The molecule has 37 heavy (non-hydrogen) atoms. The van der Waals surface area contributed by atoms with E-state index in [1.54, 1.807) is 22.9 Å². The number of rotatable bonds is 6. The van der Waals surface area contributed by atoms with Gasteiger partial charge in [-0.25, -0.2) is 19.4 Å². The summed E-state index contributed by atoms with van der Waals surface area (Å²) in [5, 5.41) is 17.8. The molecule has 11 nitrogen and oxygen atoms in total. The average molecular weight is 502 g/mol. The molecule has 0 aliphatic carbocycles. The van der Waals surface area contributed by atoms with Crippen LogP contribution in [0.15, 0.2) is 54.9 Å². The number of carbonyl (C=O) groups excluding carboxylic acids is 1. The monoisotopic (exact) mass is 501 g/mol. The lowest BCUT2D eigenvalue weighted by Crippen LogP contribution is -2.40. The molecule has 1 fully saturated rings. The number of nitrogens with one attached hydrogen (secondary N) is 1. The SMILES string of the molecule is COc1ccccc1C(=O)NCc1ccc(-c2nn([C@@H]3CCCN(C(=O)O)C3)c3ncnc(N)c23)cc1. The molecule has 190 valence electrons. The number of nitrogens with zero attached hydrogens (tertiary/aromatic N) is 5. The van der Waals surface area contributed by atoms with Crippen molar-refractivity contribution in [3.05, 3.63) is 66.0 Å². The number of amides is 2. The predicted molar refractivity (Wildman–Crippen MR) is 137 cm³/mol. The number of carboxylic acid groups (broad SMARTS) is 1. The second-order valence-electron chi connectivity index (χ2n) is 8.86. The van der Waals surface area contributed by atoms with Gasteiger partial charge in [-0.05, 0) is 30.5 Å². The number of likely N-dealkylation sites (tertiary alicyclic amines) is 1. The highest BCUT2D eigenvalue weighted by atomic mass is 16.5. The second kappa shape index (κ2) is 10.1. The molecule has 11 heteroatoms. The Morgan fingerprint density at radius 3 is 2.70 bits per heavy atom. The van der Waals surface area contributed by atoms with Crippen LogP contribution in [0.5, 0.6) is 5.75 Å². The standard InChI is InChI=1S/C26H27N7O4/c1-37-20-7-3-2-6-19(20)25(34)28-13-16-8-10-17(11-9-16)22-21-23(27)29-15-30-24(21)33(31-22)18-5-4-12-32(14-18)26(35)36/h2-3,6-11,15,18H,4-5,12-14H2,1H3,(H,28,34)(H,35,36)(H2,27,29,30)/t18-/m1/s1. The van der Waals surface area contributed by atoms with E-state index in [9.17, 15) is 14.7 Å². The van der Waals surface area contributed by atoms with E-state index >= 15 is 0 Å². The van der Waals surface area contributed by atoms with Crippen molar-refractivity contribution < 1.29 is 19.4 Å². The number of carbonyl (C=O) groups is 2. The van der Waals surface area contributed by atoms with Crippen molar-refractivity contribution in [2.24, 2.45) is 0 Å². The van der Waals surface area contributed by atoms with Crippen molar-refractivity contribution in [1.29, 1.82) is 0 Å². The molecule has 2 amide bonds. The van der Waals surface area contributed by atoms with Gasteiger partial charge in [0.15, 0.2) is 5.65 Å². The van der Waals surface area contributed by atoms with Gasteiger partial charge in [0, 0.05) is 25.2 Å². The Balaban J connectivity index is 1.39. The molecule has 1 aliphatic heterocycles. The van der Waals surface area contributed by atoms with E-state index in [0.717, 1.165) is 24.0 Å². The van der Waals surface area contributed by atoms with Crippen molar-refractivity contribution in [1.82, 2.24) is 30.0 Å². The molecule has 4 aromatic rings. The fourth-order valence-corrected chi connectivity index (χ4v) is 4.67. The summed E-state index contributed by atoms with van der Waals surface area (Å²) in [7, 11) is 1.53. The molecular formula is C26H27N7O4. The van der Waals surface area contributed by atoms with Crippen molar-refractivity contribution in [3.8, 4) is 17.0 Å². The zero-order chi connectivity index (χ0) is 25.9. The Morgan fingerprint density at radius 1 is 1.16 bits per heavy atom. The van der Waals surface area contributed by atoms with E-state index in [2.05, 4.69) is 15.3 Å². The Hall–Kier alpha value is -4.67. The smallest absolute Gasteiger partial charge is 0.407 e. The first-order valence-electron chi connectivity index (χ1n) is 11.9. The van der Waals surface area contributed by atoms with Gasteiger partial charge in [0.1, 0.15) is 23.6 Å². The molecule has 3 heterocycles. The minimum atomic E-state index is -0.941. The second-order valence-corrected chi connectivity index (χ2v) is 8.86. The van der Waals surface area contributed by atoms with Crippen LogP contribution in [0.4, 0.5) is 10.6 Å². The Kier molecular flexibility index (Phi) is 6.59. The topological polar surface area (TPSA) is 148 Å². The highest BCUT2D eigenvalue weighted by molar-refractivity contribution is 5.98. The number of hydrogen-bond donors (Lipinski definition) is 3. The first kappa shape index (κ1) is 24.0. The Labute approximate surface area is 212 Å². The third-order valence-corrected chi connectivity index (χ3v) is 6.56. The maximum absolute atomic E-state index is 12.6. The van der Waals surface area contributed by atoms with Crippen LogP contribution in [0.2, 0.25) is 0 Å². The minimum Gasteiger partial charge on any atom is -0.496 e. The number of nitrogens with two attached hydrogens (primary N) is 1. The summed E-state index contributed by atoms with van der Waals surface area (Å²) in [6.07, 6.45) is 1.98. The average Bonchev–Trinajstić information content (AvgIpc) is 3.33. The molecular weight excluding hydrogens is 474 g/mol. The van der Waals surface area contributed by atoms with E-state index < -0.39 is 6.09 Å². The fourth-order valence-electron chi connectivity index (χ4n) is 4.67. The molecule has 0 radical (unpaired) electrons. The van der Waals surface area contributed by atoms with Gasteiger partial charge >= 0.3 is 6.09 Å². The van der Waals surface area contributed by atoms with Crippen LogP contribution in [0.3, 0.4) is 0 Å². The minimum absolute atomic E-state index is 0.153. The molecule has 0 bridgehead atoms. The number of methoxy groups -OCH3 is 1. The molecule has 2 aromatic carbocycles. The third kappa shape index (κ3) is 4.75. The summed E-state index contributed by atoms with van der Waals surface area (Å²) < 4.78 is 7.05. The van der Waals surface area contributed by atoms with E-state index in [4.69, 9.17) is 15.6 Å². The van der Waals surface area contributed by atoms with Crippen LogP contribution in [0.1, 0.15) is 34.8 Å². The van der Waals surface area contributed by atoms with Gasteiger partial charge in [-0.1, -0.05) is 36.4 Å². The van der Waals surface area contributed by atoms with Crippen LogP contribution in [0.25, 0.3) is 22.3 Å². The molecule has 5 rings (SSSR count). The lowest BCUT2D eigenvalue weighted by atomic mass is 10.1. The maximum Gasteiger partial charge on any atom is 0.407 e. The number of hydrogen-bond acceptors (Lipinski definition) is 7. The first-order valence-corrected chi connectivity index (χ1v) is 11.9. The molecule has 0 unspecified atom stereocenters. The number of para-hydroxylation sites is 1. The van der Waals surface area contributed by atoms with Gasteiger partial charge in [-0.15, -0.1) is 0 Å². The molecule has 2 aromatic heterocycles. The number of benzene rings is 2. The van der Waals surface area contributed by atoms with Crippen molar-refractivity contribution in [2.75, 3.05) is 25.9 Å². The summed E-state index contributed by atoms with van der Waals surface area (Å²) in [4.78, 5) is 34.1. The van der Waals surface area contributed by atoms with Gasteiger partial charge in [0.05, 0.1) is 24.1 Å². The van der Waals surface area contributed by atoms with E-state index in [1.807, 2.05) is 30.3 Å². The van der Waals surface area contributed by atoms with Crippen LogP contribution < -0.4 is 15.8 Å². The van der Waals surface area contributed by atoms with Crippen LogP contribution in [0, 0.1) is 0 Å². The van der Waals surface area contributed by atoms with Gasteiger partial charge < -0.3 is 25.8 Å². The number of ether oxygens (including phenoxy) is 1. The molecule has 1 saturated heterocycles. The lowest BCUT2D eigenvalue weighted by Gasteiger charge is -2.30. The van der Waals surface area contributed by atoms with Gasteiger partial charge in [-0.3, -0.25) is 4.79 Å². The Morgan fingerprint density at radius 2 is 1.95 bits per heavy atom. The molecule has 1 atom stereocenters. The van der Waals surface area contributed by atoms with Gasteiger partial charge in [0.25, 0.3) is 5.91 Å². The van der Waals surface area contributed by atoms with Crippen LogP contribution >= 0.6 is 0 Å². The zero-order valence-corrected chi connectivity index (χ0v) is 20.3. The zero-order valence-electron chi connectivity index (χ0n) is 20.3. The number of aromatic nitrogens is 4. The maximum atomic E-state index is 12.6. The highest BCUT2D eigenvalue weighted by Crippen LogP contribution is 2.33. The van der Waals surface area contributed by atoms with Gasteiger partial charge in [0.2, 0.25) is 0 Å². The normalized spacial score (nSPS) is 15.5. The molecule has 0 saturated carbocycles. The summed E-state index contributed by atoms with van der Waals surface area (Å²) in [5.74, 6) is 0.603. The highest BCUT2D eigenvalue weighted by Gasteiger charge is 2.28. The third-order valence-electron chi connectivity index (χ3n) is 6.56. The predicted octanol–water partition coefficient (Wildman–Crippen LogP) is 3.33. The van der Waals surface area contributed by atoms with Crippen LogP contribution in [-0.2, 0) is 6.54 Å². The van der Waals surface area contributed by atoms with E-state index in [1.165, 1.54) is 18.3 Å². The summed E-state index contributed by atoms with van der Waals surface area (Å²) in [6, 6.07) is 14.6. The summed E-state index contributed by atoms with van der Waals surface area (Å²) in [6.45, 7) is 1.18. The molecule has 1 aliphatic rings. The van der Waals surface area contributed by atoms with Crippen molar-refractivity contribution >= 4 is 28.9 Å². The first-order chi connectivity index (χ1) is 18.0. The van der Waals surface area contributed by atoms with Gasteiger partial charge in [-0.2, -0.15) is 5.10 Å². The number of anilines is 1. The number of piperidine rings is 1. The molecule has 4 N–H and O–H groups in total. The van der Waals surface area contributed by atoms with Crippen molar-refractivity contribution in [3.63, 3.8) is 0 Å². The number of nitrogen functional groups attached to an aromatic ring is 1. The fraction of sp³-hybridized carbons (Fsp3) is 0.269. The van der Waals surface area contributed by atoms with Crippen LogP contribution in [-0.4, -0.2) is 62.0 Å². The van der Waals surface area contributed by atoms with E-state index in [-0.39, 0.29) is 11.9 Å². The van der Waals surface area contributed by atoms with E-state index in [0.29, 0.717) is 53.5 Å². The summed E-state index contributed by atoms with van der Waals surface area (Å²) in [5.41, 5.74) is 9.64. The Bertz CT molecular complexity index is 1450. The summed E-state index contributed by atoms with van der Waals surface area (Å²) >= 11 is 0. The largest absolute Gasteiger partial charge is 0.496 e. The lowest BCUT2D eigenvalue weighted by molar-refractivity contribution is 0.0947. The molecule has 0 spiro atoms. The van der Waals surface area contributed by atoms with Crippen molar-refractivity contribution in [2.45, 2.75) is 25.4 Å².